The van der Waals surface area contributed by atoms with Gasteiger partial charge >= 0.3 is 0 Å². The van der Waals surface area contributed by atoms with Gasteiger partial charge in [-0.05, 0) is 31.2 Å². The Morgan fingerprint density at radius 2 is 2.26 bits per heavy atom. The normalized spacial score (nSPS) is 25.4. The molecule has 1 N–H and O–H groups in total. The van der Waals surface area contributed by atoms with E-state index in [0.717, 1.165) is 30.6 Å². The Bertz CT molecular complexity index is 374. The molecule has 0 bridgehead atoms. The van der Waals surface area contributed by atoms with Crippen LogP contribution in [0.1, 0.15) is 51.8 Å². The van der Waals surface area contributed by atoms with Crippen LogP contribution in [0.3, 0.4) is 0 Å². The molecule has 1 heterocycles. The average Bonchev–Trinajstić information content (AvgIpc) is 2.84. The molecule has 2 rings (SSSR count). The predicted molar refractivity (Wildman–Crippen MR) is 77.9 cm³/mol. The minimum atomic E-state index is 0.558. The molecule has 1 fully saturated rings. The van der Waals surface area contributed by atoms with Crippen molar-refractivity contribution in [2.75, 3.05) is 6.54 Å². The van der Waals surface area contributed by atoms with Gasteiger partial charge in [0.1, 0.15) is 12.2 Å². The van der Waals surface area contributed by atoms with E-state index in [-0.39, 0.29) is 0 Å². The van der Waals surface area contributed by atoms with Gasteiger partial charge in [-0.1, -0.05) is 33.1 Å². The molecule has 3 unspecified atom stereocenters. The number of hydrogen-bond acceptors (Lipinski definition) is 3. The second-order valence-corrected chi connectivity index (χ2v) is 5.87. The maximum Gasteiger partial charge on any atom is 0.138 e. The van der Waals surface area contributed by atoms with E-state index in [4.69, 9.17) is 0 Å². The van der Waals surface area contributed by atoms with Crippen LogP contribution in [0, 0.1) is 11.8 Å². The van der Waals surface area contributed by atoms with Gasteiger partial charge in [-0.2, -0.15) is 5.10 Å². The molecule has 4 heteroatoms. The summed E-state index contributed by atoms with van der Waals surface area (Å²) in [6.45, 7) is 5.57. The van der Waals surface area contributed by atoms with E-state index < -0.39 is 0 Å². The zero-order valence-corrected chi connectivity index (χ0v) is 12.6. The lowest BCUT2D eigenvalue weighted by Crippen LogP contribution is -2.40. The molecule has 4 nitrogen and oxygen atoms in total. The van der Waals surface area contributed by atoms with E-state index >= 15 is 0 Å². The number of aryl methyl sites for hydroxylation is 1. The summed E-state index contributed by atoms with van der Waals surface area (Å²) in [5.74, 6) is 2.83. The predicted octanol–water partition coefficient (Wildman–Crippen LogP) is 2.55. The molecular weight excluding hydrogens is 236 g/mol. The van der Waals surface area contributed by atoms with Crippen LogP contribution in [-0.2, 0) is 13.5 Å². The van der Waals surface area contributed by atoms with E-state index in [1.54, 1.807) is 6.33 Å². The Balaban J connectivity index is 2.00. The number of nitrogens with zero attached hydrogens (tertiary/aromatic N) is 3. The number of rotatable bonds is 6. The molecule has 0 saturated heterocycles. The Morgan fingerprint density at radius 3 is 2.89 bits per heavy atom. The van der Waals surface area contributed by atoms with Gasteiger partial charge in [0.25, 0.3) is 0 Å². The largest absolute Gasteiger partial charge is 0.314 e. The van der Waals surface area contributed by atoms with Crippen LogP contribution in [-0.4, -0.2) is 27.4 Å². The van der Waals surface area contributed by atoms with Gasteiger partial charge in [0.2, 0.25) is 0 Å². The van der Waals surface area contributed by atoms with E-state index in [2.05, 4.69) is 29.2 Å². The SMILES string of the molecule is CCNC(Cc1ncnn1C)C1CCCC(CC)C1. The third-order valence-electron chi connectivity index (χ3n) is 4.64. The molecule has 19 heavy (non-hydrogen) atoms. The lowest BCUT2D eigenvalue weighted by atomic mass is 9.76. The summed E-state index contributed by atoms with van der Waals surface area (Å²) >= 11 is 0. The van der Waals surface area contributed by atoms with Gasteiger partial charge in [-0.3, -0.25) is 4.68 Å². The average molecular weight is 264 g/mol. The van der Waals surface area contributed by atoms with Crippen LogP contribution >= 0.6 is 0 Å². The minimum Gasteiger partial charge on any atom is -0.314 e. The second kappa shape index (κ2) is 7.04. The lowest BCUT2D eigenvalue weighted by Gasteiger charge is -2.34. The summed E-state index contributed by atoms with van der Waals surface area (Å²) in [7, 11) is 1.99. The molecule has 0 aliphatic heterocycles. The van der Waals surface area contributed by atoms with Gasteiger partial charge in [0.15, 0.2) is 0 Å². The highest BCUT2D eigenvalue weighted by molar-refractivity contribution is 4.93. The van der Waals surface area contributed by atoms with Crippen molar-refractivity contribution in [3.8, 4) is 0 Å². The van der Waals surface area contributed by atoms with Crippen molar-refractivity contribution in [3.05, 3.63) is 12.2 Å². The fourth-order valence-corrected chi connectivity index (χ4v) is 3.44. The highest BCUT2D eigenvalue weighted by Crippen LogP contribution is 2.33. The lowest BCUT2D eigenvalue weighted by molar-refractivity contribution is 0.206. The Labute approximate surface area is 117 Å². The van der Waals surface area contributed by atoms with E-state index in [9.17, 15) is 0 Å². The zero-order chi connectivity index (χ0) is 13.7. The first-order chi connectivity index (χ1) is 9.24. The molecule has 0 radical (unpaired) electrons. The quantitative estimate of drug-likeness (QED) is 0.858. The molecule has 1 aromatic heterocycles. The fourth-order valence-electron chi connectivity index (χ4n) is 3.44. The molecule has 0 aromatic carbocycles. The molecule has 1 aliphatic carbocycles. The third kappa shape index (κ3) is 3.78. The highest BCUT2D eigenvalue weighted by Gasteiger charge is 2.28. The molecule has 1 aromatic rings. The number of likely N-dealkylation sites (N-methyl/N-ethyl adjacent to an activating group) is 1. The minimum absolute atomic E-state index is 0.558. The highest BCUT2D eigenvalue weighted by atomic mass is 15.3. The van der Waals surface area contributed by atoms with Crippen molar-refractivity contribution >= 4 is 0 Å². The number of nitrogens with one attached hydrogen (secondary N) is 1. The Hall–Kier alpha value is -0.900. The summed E-state index contributed by atoms with van der Waals surface area (Å²) in [5, 5.41) is 7.87. The van der Waals surface area contributed by atoms with Crippen molar-refractivity contribution < 1.29 is 0 Å². The second-order valence-electron chi connectivity index (χ2n) is 5.87. The summed E-state index contributed by atoms with van der Waals surface area (Å²) in [5.41, 5.74) is 0. The third-order valence-corrected chi connectivity index (χ3v) is 4.64. The first-order valence-corrected chi connectivity index (χ1v) is 7.80. The van der Waals surface area contributed by atoms with Crippen LogP contribution in [0.25, 0.3) is 0 Å². The van der Waals surface area contributed by atoms with Crippen LogP contribution in [0.2, 0.25) is 0 Å². The van der Waals surface area contributed by atoms with Gasteiger partial charge in [0, 0.05) is 19.5 Å². The summed E-state index contributed by atoms with van der Waals surface area (Å²) in [6.07, 6.45) is 9.57. The standard InChI is InChI=1S/C15H28N4/c1-4-12-7-6-8-13(9-12)14(16-5-2)10-15-17-11-18-19(15)3/h11-14,16H,4-10H2,1-3H3. The van der Waals surface area contributed by atoms with Gasteiger partial charge in [-0.15, -0.1) is 0 Å². The Morgan fingerprint density at radius 1 is 1.42 bits per heavy atom. The van der Waals surface area contributed by atoms with Gasteiger partial charge < -0.3 is 5.32 Å². The molecule has 0 amide bonds. The smallest absolute Gasteiger partial charge is 0.138 e. The van der Waals surface area contributed by atoms with Crippen molar-refractivity contribution in [1.82, 2.24) is 20.1 Å². The molecular formula is C15H28N4. The number of hydrogen-bond donors (Lipinski definition) is 1. The fraction of sp³-hybridized carbons (Fsp3) is 0.867. The molecule has 3 atom stereocenters. The number of aromatic nitrogens is 3. The maximum atomic E-state index is 4.38. The van der Waals surface area contributed by atoms with Crippen molar-refractivity contribution in [2.24, 2.45) is 18.9 Å². The van der Waals surface area contributed by atoms with Crippen molar-refractivity contribution in [2.45, 2.75) is 58.4 Å². The van der Waals surface area contributed by atoms with Crippen LogP contribution < -0.4 is 5.32 Å². The summed E-state index contributed by atoms with van der Waals surface area (Å²) in [6, 6.07) is 0.558. The summed E-state index contributed by atoms with van der Waals surface area (Å²) in [4.78, 5) is 4.38. The van der Waals surface area contributed by atoms with Crippen LogP contribution in [0.15, 0.2) is 6.33 Å². The van der Waals surface area contributed by atoms with Gasteiger partial charge in [0.05, 0.1) is 0 Å². The van der Waals surface area contributed by atoms with E-state index in [0.29, 0.717) is 6.04 Å². The molecule has 108 valence electrons. The first-order valence-electron chi connectivity index (χ1n) is 7.80. The van der Waals surface area contributed by atoms with Crippen molar-refractivity contribution in [1.29, 1.82) is 0 Å². The zero-order valence-electron chi connectivity index (χ0n) is 12.6. The topological polar surface area (TPSA) is 42.7 Å². The van der Waals surface area contributed by atoms with Gasteiger partial charge in [-0.25, -0.2) is 4.98 Å². The molecule has 1 saturated carbocycles. The van der Waals surface area contributed by atoms with Crippen LogP contribution in [0.4, 0.5) is 0 Å². The van der Waals surface area contributed by atoms with Crippen LogP contribution in [0.5, 0.6) is 0 Å². The summed E-state index contributed by atoms with van der Waals surface area (Å²) < 4.78 is 1.91. The Kier molecular flexibility index (Phi) is 5.37. The first kappa shape index (κ1) is 14.5. The molecule has 0 spiro atoms. The monoisotopic (exact) mass is 264 g/mol. The maximum absolute atomic E-state index is 4.38. The van der Waals surface area contributed by atoms with E-state index in [1.165, 1.54) is 32.1 Å². The molecule has 1 aliphatic rings. The van der Waals surface area contributed by atoms with Crippen molar-refractivity contribution in [3.63, 3.8) is 0 Å². The van der Waals surface area contributed by atoms with E-state index in [1.807, 2.05) is 11.7 Å².